The summed E-state index contributed by atoms with van der Waals surface area (Å²) in [5.41, 5.74) is 0.605. The third-order valence-corrected chi connectivity index (χ3v) is 2.50. The molecule has 2 heteroatoms. The zero-order valence-corrected chi connectivity index (χ0v) is 8.53. The van der Waals surface area contributed by atoms with Gasteiger partial charge in [0.1, 0.15) is 5.75 Å². The number of hydrogen-bond donors (Lipinski definition) is 1. The summed E-state index contributed by atoms with van der Waals surface area (Å²) < 4.78 is 0. The number of fused-ring (bicyclic) bond motifs is 1. The van der Waals surface area contributed by atoms with Crippen molar-refractivity contribution in [1.29, 1.82) is 0 Å². The molecule has 0 unspecified atom stereocenters. The van der Waals surface area contributed by atoms with E-state index in [0.29, 0.717) is 17.4 Å². The number of carbonyl (C=O) groups excluding carboxylic acids is 1. The van der Waals surface area contributed by atoms with Crippen LogP contribution in [0.15, 0.2) is 36.4 Å². The Morgan fingerprint density at radius 2 is 1.87 bits per heavy atom. The summed E-state index contributed by atoms with van der Waals surface area (Å²) in [6.07, 6.45) is 0.452. The first-order chi connectivity index (χ1) is 7.24. The van der Waals surface area contributed by atoms with E-state index in [2.05, 4.69) is 0 Å². The normalized spacial score (nSPS) is 10.5. The van der Waals surface area contributed by atoms with Gasteiger partial charge < -0.3 is 5.11 Å². The van der Waals surface area contributed by atoms with Crippen molar-refractivity contribution in [2.75, 3.05) is 0 Å². The van der Waals surface area contributed by atoms with Crippen molar-refractivity contribution in [1.82, 2.24) is 0 Å². The predicted octanol–water partition coefficient (Wildman–Crippen LogP) is 3.14. The molecule has 0 aliphatic carbocycles. The van der Waals surface area contributed by atoms with Crippen LogP contribution in [0.3, 0.4) is 0 Å². The lowest BCUT2D eigenvalue weighted by Crippen LogP contribution is -1.97. The van der Waals surface area contributed by atoms with E-state index >= 15 is 0 Å². The maximum atomic E-state index is 11.7. The lowest BCUT2D eigenvalue weighted by molar-refractivity contribution is 0.0989. The van der Waals surface area contributed by atoms with Crippen molar-refractivity contribution in [2.24, 2.45) is 0 Å². The molecule has 2 nitrogen and oxygen atoms in total. The first-order valence-corrected chi connectivity index (χ1v) is 4.98. The molecular formula is C13H12O2. The van der Waals surface area contributed by atoms with Gasteiger partial charge in [-0.15, -0.1) is 0 Å². The van der Waals surface area contributed by atoms with Gasteiger partial charge in [0.25, 0.3) is 0 Å². The van der Waals surface area contributed by atoms with Gasteiger partial charge in [0.15, 0.2) is 5.78 Å². The maximum absolute atomic E-state index is 11.7. The first-order valence-electron chi connectivity index (χ1n) is 4.98. The number of hydrogen-bond acceptors (Lipinski definition) is 2. The largest absolute Gasteiger partial charge is 0.507 e. The molecule has 76 valence electrons. The quantitative estimate of drug-likeness (QED) is 0.756. The van der Waals surface area contributed by atoms with Crippen LogP contribution in [-0.4, -0.2) is 10.9 Å². The fourth-order valence-electron chi connectivity index (χ4n) is 1.74. The van der Waals surface area contributed by atoms with Gasteiger partial charge in [-0.3, -0.25) is 4.79 Å². The molecule has 0 radical (unpaired) electrons. The molecule has 15 heavy (non-hydrogen) atoms. The summed E-state index contributed by atoms with van der Waals surface area (Å²) in [6, 6.07) is 10.8. The topological polar surface area (TPSA) is 37.3 Å². The average Bonchev–Trinajstić information content (AvgIpc) is 2.28. The highest BCUT2D eigenvalue weighted by Crippen LogP contribution is 2.28. The van der Waals surface area contributed by atoms with Crippen LogP contribution in [0.2, 0.25) is 0 Å². The van der Waals surface area contributed by atoms with Crippen molar-refractivity contribution >= 4 is 16.6 Å². The minimum absolute atomic E-state index is 0.0575. The Hall–Kier alpha value is -1.83. The molecule has 0 spiro atoms. The van der Waals surface area contributed by atoms with E-state index in [9.17, 15) is 9.90 Å². The van der Waals surface area contributed by atoms with E-state index in [1.54, 1.807) is 18.2 Å². The van der Waals surface area contributed by atoms with E-state index in [-0.39, 0.29) is 11.5 Å². The van der Waals surface area contributed by atoms with Crippen molar-refractivity contribution < 1.29 is 9.90 Å². The Morgan fingerprint density at radius 3 is 2.53 bits per heavy atom. The highest BCUT2D eigenvalue weighted by Gasteiger charge is 2.10. The molecular weight excluding hydrogens is 188 g/mol. The second-order valence-electron chi connectivity index (χ2n) is 3.46. The Labute approximate surface area is 88.2 Å². The molecule has 2 aromatic carbocycles. The zero-order chi connectivity index (χ0) is 10.8. The van der Waals surface area contributed by atoms with E-state index in [1.807, 2.05) is 25.1 Å². The Bertz CT molecular complexity index is 510. The second-order valence-corrected chi connectivity index (χ2v) is 3.46. The van der Waals surface area contributed by atoms with Crippen LogP contribution in [0, 0.1) is 0 Å². The molecule has 0 saturated heterocycles. The van der Waals surface area contributed by atoms with Crippen LogP contribution in [0.25, 0.3) is 10.8 Å². The standard InChI is InChI=1S/C13H12O2/c1-2-11(14)10-7-3-5-9-6-4-8-12(15)13(9)10/h3-8,15H,2H2,1H3. The number of phenols is 1. The maximum Gasteiger partial charge on any atom is 0.163 e. The lowest BCUT2D eigenvalue weighted by atomic mass is 9.99. The molecule has 0 aliphatic rings. The van der Waals surface area contributed by atoms with Crippen LogP contribution in [-0.2, 0) is 0 Å². The Kier molecular flexibility index (Phi) is 2.42. The summed E-state index contributed by atoms with van der Waals surface area (Å²) in [4.78, 5) is 11.7. The number of rotatable bonds is 2. The third-order valence-electron chi connectivity index (χ3n) is 2.50. The molecule has 0 saturated carbocycles. The smallest absolute Gasteiger partial charge is 0.163 e. The van der Waals surface area contributed by atoms with Crippen molar-refractivity contribution in [2.45, 2.75) is 13.3 Å². The molecule has 0 amide bonds. The molecule has 0 atom stereocenters. The van der Waals surface area contributed by atoms with Crippen LogP contribution < -0.4 is 0 Å². The molecule has 0 heterocycles. The Morgan fingerprint density at radius 1 is 1.20 bits per heavy atom. The first kappa shape index (κ1) is 9.71. The van der Waals surface area contributed by atoms with E-state index < -0.39 is 0 Å². The van der Waals surface area contributed by atoms with Crippen LogP contribution in [0.1, 0.15) is 23.7 Å². The molecule has 0 aromatic heterocycles. The van der Waals surface area contributed by atoms with Crippen molar-refractivity contribution in [3.05, 3.63) is 42.0 Å². The molecule has 1 N–H and O–H groups in total. The van der Waals surface area contributed by atoms with E-state index in [1.165, 1.54) is 0 Å². The van der Waals surface area contributed by atoms with E-state index in [0.717, 1.165) is 5.39 Å². The minimum atomic E-state index is 0.0575. The van der Waals surface area contributed by atoms with Gasteiger partial charge in [0, 0.05) is 17.4 Å². The summed E-state index contributed by atoms with van der Waals surface area (Å²) in [7, 11) is 0. The summed E-state index contributed by atoms with van der Waals surface area (Å²) in [6.45, 7) is 1.82. The molecule has 0 bridgehead atoms. The highest BCUT2D eigenvalue weighted by atomic mass is 16.3. The number of ketones is 1. The fourth-order valence-corrected chi connectivity index (χ4v) is 1.74. The van der Waals surface area contributed by atoms with Gasteiger partial charge in [-0.05, 0) is 11.5 Å². The third kappa shape index (κ3) is 1.59. The number of phenolic OH excluding ortho intramolecular Hbond substituents is 1. The molecule has 0 aliphatic heterocycles. The number of Topliss-reactive ketones (excluding diaryl/α,β-unsaturated/α-hetero) is 1. The van der Waals surface area contributed by atoms with Crippen LogP contribution >= 0.6 is 0 Å². The number of aromatic hydroxyl groups is 1. The van der Waals surface area contributed by atoms with Crippen molar-refractivity contribution in [3.63, 3.8) is 0 Å². The summed E-state index contributed by atoms with van der Waals surface area (Å²) >= 11 is 0. The second kappa shape index (κ2) is 3.73. The van der Waals surface area contributed by atoms with Gasteiger partial charge >= 0.3 is 0 Å². The molecule has 2 rings (SSSR count). The van der Waals surface area contributed by atoms with E-state index in [4.69, 9.17) is 0 Å². The highest BCUT2D eigenvalue weighted by molar-refractivity contribution is 6.10. The van der Waals surface area contributed by atoms with Gasteiger partial charge in [-0.25, -0.2) is 0 Å². The van der Waals surface area contributed by atoms with Gasteiger partial charge in [-0.2, -0.15) is 0 Å². The summed E-state index contributed by atoms with van der Waals surface area (Å²) in [5.74, 6) is 0.229. The molecule has 0 fully saturated rings. The van der Waals surface area contributed by atoms with Crippen LogP contribution in [0.5, 0.6) is 5.75 Å². The van der Waals surface area contributed by atoms with Gasteiger partial charge in [-0.1, -0.05) is 37.3 Å². The SMILES string of the molecule is CCC(=O)c1cccc2cccc(O)c12. The van der Waals surface area contributed by atoms with Gasteiger partial charge in [0.05, 0.1) is 0 Å². The number of benzene rings is 2. The fraction of sp³-hybridized carbons (Fsp3) is 0.154. The lowest BCUT2D eigenvalue weighted by Gasteiger charge is -2.05. The zero-order valence-electron chi connectivity index (χ0n) is 8.53. The predicted molar refractivity (Wildman–Crippen MR) is 60.2 cm³/mol. The minimum Gasteiger partial charge on any atom is -0.507 e. The Balaban J connectivity index is 2.80. The number of carbonyl (C=O) groups is 1. The monoisotopic (exact) mass is 200 g/mol. The van der Waals surface area contributed by atoms with Crippen molar-refractivity contribution in [3.8, 4) is 5.75 Å². The molecule has 2 aromatic rings. The average molecular weight is 200 g/mol. The van der Waals surface area contributed by atoms with Crippen LogP contribution in [0.4, 0.5) is 0 Å². The van der Waals surface area contributed by atoms with Gasteiger partial charge in [0.2, 0.25) is 0 Å². The summed E-state index contributed by atoms with van der Waals surface area (Å²) in [5, 5.41) is 11.3.